The lowest BCUT2D eigenvalue weighted by molar-refractivity contribution is -0.139. The van der Waals surface area contributed by atoms with Gasteiger partial charge in [0.2, 0.25) is 10.0 Å². The first-order valence-corrected chi connectivity index (χ1v) is 7.57. The molecule has 0 bridgehead atoms. The molecule has 0 radical (unpaired) electrons. The second-order valence-corrected chi connectivity index (χ2v) is 6.80. The summed E-state index contributed by atoms with van der Waals surface area (Å²) >= 11 is 0. The molecule has 1 aromatic rings. The van der Waals surface area contributed by atoms with E-state index in [0.29, 0.717) is 5.56 Å². The zero-order valence-electron chi connectivity index (χ0n) is 10.9. The molecule has 0 unspecified atom stereocenters. The summed E-state index contributed by atoms with van der Waals surface area (Å²) in [6.45, 7) is 1.86. The van der Waals surface area contributed by atoms with Gasteiger partial charge < -0.3 is 5.11 Å². The van der Waals surface area contributed by atoms with E-state index in [9.17, 15) is 18.0 Å². The topological polar surface area (TPSA) is 91.8 Å². The van der Waals surface area contributed by atoms with Crippen molar-refractivity contribution in [2.45, 2.75) is 18.2 Å². The predicted molar refractivity (Wildman–Crippen MR) is 70.9 cm³/mol. The molecule has 6 nitrogen and oxygen atoms in total. The molecular formula is C13H15NO5S. The van der Waals surface area contributed by atoms with Crippen LogP contribution in [0.4, 0.5) is 0 Å². The maximum absolute atomic E-state index is 12.2. The molecule has 7 heteroatoms. The first-order chi connectivity index (χ1) is 9.30. The summed E-state index contributed by atoms with van der Waals surface area (Å²) in [7, 11) is -3.58. The van der Waals surface area contributed by atoms with Crippen molar-refractivity contribution in [3.63, 3.8) is 0 Å². The minimum Gasteiger partial charge on any atom is -0.481 e. The zero-order chi connectivity index (χ0) is 14.9. The Morgan fingerprint density at radius 1 is 1.25 bits per heavy atom. The maximum Gasteiger partial charge on any atom is 0.303 e. The van der Waals surface area contributed by atoms with Crippen LogP contribution in [0.3, 0.4) is 0 Å². The molecule has 1 heterocycles. The number of sulfonamides is 1. The van der Waals surface area contributed by atoms with Gasteiger partial charge in [0.1, 0.15) is 0 Å². The normalized spacial score (nSPS) is 16.6. The Bertz CT molecular complexity index is 629. The van der Waals surface area contributed by atoms with Crippen LogP contribution in [0, 0.1) is 5.92 Å². The molecule has 1 aliphatic heterocycles. The van der Waals surface area contributed by atoms with Gasteiger partial charge in [-0.25, -0.2) is 8.42 Å². The third kappa shape index (κ3) is 2.88. The highest BCUT2D eigenvalue weighted by molar-refractivity contribution is 7.89. The average Bonchev–Trinajstić information content (AvgIpc) is 2.33. The second kappa shape index (κ2) is 5.34. The number of carboxylic acid groups (broad SMARTS) is 1. The van der Waals surface area contributed by atoms with E-state index in [1.165, 1.54) is 35.5 Å². The summed E-state index contributed by atoms with van der Waals surface area (Å²) in [5.41, 5.74) is 0.455. The lowest BCUT2D eigenvalue weighted by Crippen LogP contribution is -2.50. The molecule has 1 fully saturated rings. The van der Waals surface area contributed by atoms with Crippen molar-refractivity contribution in [1.29, 1.82) is 0 Å². The first-order valence-electron chi connectivity index (χ1n) is 6.13. The van der Waals surface area contributed by atoms with Crippen LogP contribution < -0.4 is 0 Å². The average molecular weight is 297 g/mol. The molecule has 1 N–H and O–H groups in total. The Hall–Kier alpha value is -1.73. The summed E-state index contributed by atoms with van der Waals surface area (Å²) < 4.78 is 25.7. The SMILES string of the molecule is CC(=O)c1ccc(S(=O)(=O)N2CC(CC(=O)O)C2)cc1. The summed E-state index contributed by atoms with van der Waals surface area (Å²) in [6, 6.07) is 5.75. The van der Waals surface area contributed by atoms with Crippen molar-refractivity contribution in [1.82, 2.24) is 4.31 Å². The van der Waals surface area contributed by atoms with E-state index in [-0.39, 0.29) is 36.1 Å². The number of hydrogen-bond acceptors (Lipinski definition) is 4. The number of ketones is 1. The summed E-state index contributed by atoms with van der Waals surface area (Å²) in [6.07, 6.45) is -0.0186. The van der Waals surface area contributed by atoms with Gasteiger partial charge in [0.15, 0.2) is 5.78 Å². The highest BCUT2D eigenvalue weighted by Crippen LogP contribution is 2.27. The van der Waals surface area contributed by atoms with Crippen LogP contribution in [0.1, 0.15) is 23.7 Å². The monoisotopic (exact) mass is 297 g/mol. The summed E-state index contributed by atoms with van der Waals surface area (Å²) in [5, 5.41) is 8.64. The molecule has 108 valence electrons. The van der Waals surface area contributed by atoms with E-state index in [2.05, 4.69) is 0 Å². The summed E-state index contributed by atoms with van der Waals surface area (Å²) in [4.78, 5) is 21.8. The standard InChI is InChI=1S/C13H15NO5S/c1-9(15)11-2-4-12(5-3-11)20(18,19)14-7-10(8-14)6-13(16)17/h2-5,10H,6-8H2,1H3,(H,16,17). The fraction of sp³-hybridized carbons (Fsp3) is 0.385. The fourth-order valence-corrected chi connectivity index (χ4v) is 3.70. The van der Waals surface area contributed by atoms with Crippen LogP contribution >= 0.6 is 0 Å². The Labute approximate surface area is 117 Å². The van der Waals surface area contributed by atoms with E-state index in [1.54, 1.807) is 0 Å². The van der Waals surface area contributed by atoms with Gasteiger partial charge >= 0.3 is 5.97 Å². The third-order valence-corrected chi connectivity index (χ3v) is 5.13. The molecule has 1 aromatic carbocycles. The van der Waals surface area contributed by atoms with Crippen molar-refractivity contribution in [3.05, 3.63) is 29.8 Å². The number of Topliss-reactive ketones (excluding diaryl/α,β-unsaturated/α-hetero) is 1. The molecule has 1 saturated heterocycles. The Kier molecular flexibility index (Phi) is 3.92. The van der Waals surface area contributed by atoms with Crippen molar-refractivity contribution in [2.24, 2.45) is 5.92 Å². The van der Waals surface area contributed by atoms with Crippen molar-refractivity contribution < 1.29 is 23.1 Å². The first kappa shape index (κ1) is 14.7. The molecule has 0 aliphatic carbocycles. The van der Waals surface area contributed by atoms with E-state index < -0.39 is 16.0 Å². The number of carbonyl (C=O) groups excluding carboxylic acids is 1. The lowest BCUT2D eigenvalue weighted by atomic mass is 10.00. The highest BCUT2D eigenvalue weighted by atomic mass is 32.2. The maximum atomic E-state index is 12.2. The van der Waals surface area contributed by atoms with Gasteiger partial charge in [0.25, 0.3) is 0 Å². The van der Waals surface area contributed by atoms with Crippen molar-refractivity contribution in [3.8, 4) is 0 Å². The molecule has 1 aliphatic rings. The minimum atomic E-state index is -3.58. The van der Waals surface area contributed by atoms with Crippen LogP contribution in [-0.4, -0.2) is 42.7 Å². The van der Waals surface area contributed by atoms with E-state index in [4.69, 9.17) is 5.11 Å². The molecule has 20 heavy (non-hydrogen) atoms. The number of nitrogens with zero attached hydrogens (tertiary/aromatic N) is 1. The summed E-state index contributed by atoms with van der Waals surface area (Å²) in [5.74, 6) is -1.17. The van der Waals surface area contributed by atoms with Gasteiger partial charge in [0, 0.05) is 18.7 Å². The zero-order valence-corrected chi connectivity index (χ0v) is 11.8. The molecular weight excluding hydrogens is 282 g/mol. The minimum absolute atomic E-state index is 0.0186. The van der Waals surface area contributed by atoms with E-state index >= 15 is 0 Å². The highest BCUT2D eigenvalue weighted by Gasteiger charge is 2.37. The third-order valence-electron chi connectivity index (χ3n) is 3.29. The van der Waals surface area contributed by atoms with Crippen LogP contribution in [0.5, 0.6) is 0 Å². The molecule has 2 rings (SSSR count). The lowest BCUT2D eigenvalue weighted by Gasteiger charge is -2.37. The van der Waals surface area contributed by atoms with Crippen LogP contribution in [0.25, 0.3) is 0 Å². The van der Waals surface area contributed by atoms with Crippen molar-refractivity contribution >= 4 is 21.8 Å². The molecule has 0 atom stereocenters. The Morgan fingerprint density at radius 2 is 1.80 bits per heavy atom. The Morgan fingerprint density at radius 3 is 2.25 bits per heavy atom. The molecule has 0 spiro atoms. The largest absolute Gasteiger partial charge is 0.481 e. The number of aliphatic carboxylic acids is 1. The number of carboxylic acids is 1. The van der Waals surface area contributed by atoms with Gasteiger partial charge in [-0.05, 0) is 25.0 Å². The Balaban J connectivity index is 2.08. The number of carbonyl (C=O) groups is 2. The quantitative estimate of drug-likeness (QED) is 0.818. The number of benzene rings is 1. The van der Waals surface area contributed by atoms with Crippen LogP contribution in [-0.2, 0) is 14.8 Å². The second-order valence-electron chi connectivity index (χ2n) is 4.87. The van der Waals surface area contributed by atoms with E-state index in [0.717, 1.165) is 0 Å². The molecule has 0 saturated carbocycles. The van der Waals surface area contributed by atoms with Crippen molar-refractivity contribution in [2.75, 3.05) is 13.1 Å². The molecule has 0 aromatic heterocycles. The van der Waals surface area contributed by atoms with Gasteiger partial charge in [-0.3, -0.25) is 9.59 Å². The van der Waals surface area contributed by atoms with Crippen LogP contribution in [0.15, 0.2) is 29.2 Å². The predicted octanol–water partition coefficient (Wildman–Crippen LogP) is 0.984. The van der Waals surface area contributed by atoms with Gasteiger partial charge in [-0.2, -0.15) is 4.31 Å². The smallest absolute Gasteiger partial charge is 0.303 e. The molecule has 0 amide bonds. The van der Waals surface area contributed by atoms with E-state index in [1.807, 2.05) is 0 Å². The number of rotatable bonds is 5. The van der Waals surface area contributed by atoms with Gasteiger partial charge in [0.05, 0.1) is 11.3 Å². The van der Waals surface area contributed by atoms with Gasteiger partial charge in [-0.15, -0.1) is 0 Å². The van der Waals surface area contributed by atoms with Crippen LogP contribution in [0.2, 0.25) is 0 Å². The van der Waals surface area contributed by atoms with Gasteiger partial charge in [-0.1, -0.05) is 12.1 Å². The fourth-order valence-electron chi connectivity index (χ4n) is 2.11. The number of hydrogen-bond donors (Lipinski definition) is 1.